The van der Waals surface area contributed by atoms with Gasteiger partial charge in [-0.25, -0.2) is 0 Å². The van der Waals surface area contributed by atoms with Crippen molar-refractivity contribution < 1.29 is 9.84 Å². The van der Waals surface area contributed by atoms with E-state index in [1.54, 1.807) is 0 Å². The van der Waals surface area contributed by atoms with Crippen LogP contribution in [0.25, 0.3) is 0 Å². The smallest absolute Gasteiger partial charge is 0.0724 e. The largest absolute Gasteiger partial charge is 0.393 e. The number of ether oxygens (including phenoxy) is 1. The third-order valence-electron chi connectivity index (χ3n) is 4.27. The van der Waals surface area contributed by atoms with Crippen molar-refractivity contribution in [3.05, 3.63) is 0 Å². The molecular weight excluding hydrogens is 202 g/mol. The van der Waals surface area contributed by atoms with E-state index < -0.39 is 0 Å². The molecule has 0 aromatic heterocycles. The van der Waals surface area contributed by atoms with E-state index in [-0.39, 0.29) is 6.10 Å². The zero-order chi connectivity index (χ0) is 11.4. The summed E-state index contributed by atoms with van der Waals surface area (Å²) < 4.78 is 5.52. The van der Waals surface area contributed by atoms with E-state index in [1.807, 2.05) is 7.11 Å². The predicted molar refractivity (Wildman–Crippen MR) is 64.4 cm³/mol. The molecule has 2 aliphatic rings. The number of methoxy groups -OCH3 is 1. The van der Waals surface area contributed by atoms with Crippen LogP contribution >= 0.6 is 0 Å². The molecule has 0 saturated heterocycles. The van der Waals surface area contributed by atoms with Gasteiger partial charge in [0, 0.05) is 19.7 Å². The molecule has 0 aromatic carbocycles. The van der Waals surface area contributed by atoms with Gasteiger partial charge < -0.3 is 15.2 Å². The minimum absolute atomic E-state index is 0.0721. The standard InChI is InChI=1S/C13H25NO2/c1-16-13-8-3-2-6-11(13)14-9-10-5-4-7-12(10)15/h10-15H,2-9H2,1H3. The van der Waals surface area contributed by atoms with Crippen molar-refractivity contribution in [2.75, 3.05) is 13.7 Å². The highest BCUT2D eigenvalue weighted by molar-refractivity contribution is 4.85. The van der Waals surface area contributed by atoms with Crippen LogP contribution in [0.4, 0.5) is 0 Å². The number of nitrogens with one attached hydrogen (secondary N) is 1. The molecule has 3 nitrogen and oxygen atoms in total. The molecule has 94 valence electrons. The Morgan fingerprint density at radius 3 is 2.62 bits per heavy atom. The van der Waals surface area contributed by atoms with Crippen LogP contribution in [0.2, 0.25) is 0 Å². The summed E-state index contributed by atoms with van der Waals surface area (Å²) in [6.45, 7) is 0.964. The van der Waals surface area contributed by atoms with Gasteiger partial charge in [-0.2, -0.15) is 0 Å². The first-order chi connectivity index (χ1) is 7.81. The van der Waals surface area contributed by atoms with Crippen molar-refractivity contribution in [3.63, 3.8) is 0 Å². The molecular formula is C13H25NO2. The van der Waals surface area contributed by atoms with Crippen LogP contribution in [0.15, 0.2) is 0 Å². The second-order valence-electron chi connectivity index (χ2n) is 5.33. The van der Waals surface area contributed by atoms with E-state index in [9.17, 15) is 5.11 Å². The van der Waals surface area contributed by atoms with Gasteiger partial charge in [0.1, 0.15) is 0 Å². The van der Waals surface area contributed by atoms with Crippen LogP contribution in [0, 0.1) is 5.92 Å². The molecule has 2 fully saturated rings. The molecule has 0 bridgehead atoms. The van der Waals surface area contributed by atoms with Crippen molar-refractivity contribution in [1.29, 1.82) is 0 Å². The number of aliphatic hydroxyl groups excluding tert-OH is 1. The van der Waals surface area contributed by atoms with Gasteiger partial charge in [0.05, 0.1) is 12.2 Å². The third-order valence-corrected chi connectivity index (χ3v) is 4.27. The summed E-state index contributed by atoms with van der Waals surface area (Å²) in [5.74, 6) is 0.472. The molecule has 2 rings (SSSR count). The maximum Gasteiger partial charge on any atom is 0.0724 e. The van der Waals surface area contributed by atoms with Crippen molar-refractivity contribution in [2.24, 2.45) is 5.92 Å². The molecule has 4 atom stereocenters. The summed E-state index contributed by atoms with van der Waals surface area (Å²) in [7, 11) is 1.81. The Kier molecular flexibility index (Phi) is 4.62. The predicted octanol–water partition coefficient (Wildman–Crippen LogP) is 1.69. The van der Waals surface area contributed by atoms with Crippen LogP contribution in [-0.2, 0) is 4.74 Å². The fourth-order valence-corrected chi connectivity index (χ4v) is 3.17. The fourth-order valence-electron chi connectivity index (χ4n) is 3.17. The minimum atomic E-state index is -0.0721. The lowest BCUT2D eigenvalue weighted by atomic mass is 9.92. The minimum Gasteiger partial charge on any atom is -0.393 e. The molecule has 2 saturated carbocycles. The molecule has 0 aromatic rings. The van der Waals surface area contributed by atoms with Gasteiger partial charge in [0.2, 0.25) is 0 Å². The van der Waals surface area contributed by atoms with Crippen LogP contribution in [-0.4, -0.2) is 37.0 Å². The first kappa shape index (κ1) is 12.3. The maximum absolute atomic E-state index is 9.77. The number of aliphatic hydroxyl groups is 1. The van der Waals surface area contributed by atoms with Crippen LogP contribution < -0.4 is 5.32 Å². The lowest BCUT2D eigenvalue weighted by molar-refractivity contribution is 0.0373. The van der Waals surface area contributed by atoms with Crippen molar-refractivity contribution in [1.82, 2.24) is 5.32 Å². The number of hydrogen-bond donors (Lipinski definition) is 2. The van der Waals surface area contributed by atoms with Gasteiger partial charge in [0.15, 0.2) is 0 Å². The second kappa shape index (κ2) is 5.99. The Bertz CT molecular complexity index is 210. The molecule has 4 unspecified atom stereocenters. The van der Waals surface area contributed by atoms with E-state index in [2.05, 4.69) is 5.32 Å². The van der Waals surface area contributed by atoms with Gasteiger partial charge in [-0.15, -0.1) is 0 Å². The first-order valence-corrected chi connectivity index (χ1v) is 6.75. The van der Waals surface area contributed by atoms with Crippen LogP contribution in [0.1, 0.15) is 44.9 Å². The molecule has 16 heavy (non-hydrogen) atoms. The van der Waals surface area contributed by atoms with Gasteiger partial charge >= 0.3 is 0 Å². The van der Waals surface area contributed by atoms with E-state index in [0.29, 0.717) is 18.1 Å². The SMILES string of the molecule is COC1CCCCC1NCC1CCCC1O. The van der Waals surface area contributed by atoms with E-state index in [4.69, 9.17) is 4.74 Å². The summed E-state index contributed by atoms with van der Waals surface area (Å²) >= 11 is 0. The number of hydrogen-bond acceptors (Lipinski definition) is 3. The highest BCUT2D eigenvalue weighted by atomic mass is 16.5. The average molecular weight is 227 g/mol. The zero-order valence-corrected chi connectivity index (χ0v) is 10.3. The summed E-state index contributed by atoms with van der Waals surface area (Å²) in [4.78, 5) is 0. The topological polar surface area (TPSA) is 41.5 Å². The lowest BCUT2D eigenvalue weighted by Gasteiger charge is -2.32. The Labute approximate surface area is 98.6 Å². The molecule has 0 amide bonds. The number of rotatable bonds is 4. The monoisotopic (exact) mass is 227 g/mol. The molecule has 2 aliphatic carbocycles. The molecule has 0 spiro atoms. The molecule has 3 heteroatoms. The van der Waals surface area contributed by atoms with Crippen molar-refractivity contribution >= 4 is 0 Å². The Morgan fingerprint density at radius 2 is 1.94 bits per heavy atom. The Hall–Kier alpha value is -0.120. The van der Waals surface area contributed by atoms with E-state index in [0.717, 1.165) is 13.0 Å². The first-order valence-electron chi connectivity index (χ1n) is 6.75. The lowest BCUT2D eigenvalue weighted by Crippen LogP contribution is -2.45. The van der Waals surface area contributed by atoms with Gasteiger partial charge in [-0.3, -0.25) is 0 Å². The maximum atomic E-state index is 9.77. The molecule has 0 radical (unpaired) electrons. The highest BCUT2D eigenvalue weighted by Crippen LogP contribution is 2.26. The van der Waals surface area contributed by atoms with Gasteiger partial charge in [0.25, 0.3) is 0 Å². The molecule has 0 heterocycles. The van der Waals surface area contributed by atoms with Gasteiger partial charge in [-0.1, -0.05) is 19.3 Å². The Morgan fingerprint density at radius 1 is 1.12 bits per heavy atom. The van der Waals surface area contributed by atoms with E-state index >= 15 is 0 Å². The second-order valence-corrected chi connectivity index (χ2v) is 5.33. The van der Waals surface area contributed by atoms with Gasteiger partial charge in [-0.05, 0) is 31.6 Å². The highest BCUT2D eigenvalue weighted by Gasteiger charge is 2.28. The fraction of sp³-hybridized carbons (Fsp3) is 1.00. The van der Waals surface area contributed by atoms with Crippen LogP contribution in [0.3, 0.4) is 0 Å². The zero-order valence-electron chi connectivity index (χ0n) is 10.3. The van der Waals surface area contributed by atoms with E-state index in [1.165, 1.54) is 38.5 Å². The summed E-state index contributed by atoms with van der Waals surface area (Å²) in [5.41, 5.74) is 0. The van der Waals surface area contributed by atoms with Crippen molar-refractivity contribution in [3.8, 4) is 0 Å². The summed E-state index contributed by atoms with van der Waals surface area (Å²) in [5, 5.41) is 13.4. The average Bonchev–Trinajstić information content (AvgIpc) is 2.72. The van der Waals surface area contributed by atoms with Crippen LogP contribution in [0.5, 0.6) is 0 Å². The normalized spacial score (nSPS) is 40.1. The quantitative estimate of drug-likeness (QED) is 0.768. The van der Waals surface area contributed by atoms with Crippen molar-refractivity contribution in [2.45, 2.75) is 63.2 Å². The summed E-state index contributed by atoms with van der Waals surface area (Å²) in [6.07, 6.45) is 8.68. The third kappa shape index (κ3) is 2.96. The Balaban J connectivity index is 1.75. The molecule has 0 aliphatic heterocycles. The summed E-state index contributed by atoms with van der Waals surface area (Å²) in [6, 6.07) is 0.506. The molecule has 2 N–H and O–H groups in total.